The van der Waals surface area contributed by atoms with Crippen LogP contribution in [0.5, 0.6) is 0 Å². The molecule has 1 aliphatic rings. The molecule has 1 rings (SSSR count). The fourth-order valence-corrected chi connectivity index (χ4v) is 2.01. The lowest BCUT2D eigenvalue weighted by Crippen LogP contribution is -2.18. The first-order valence-corrected chi connectivity index (χ1v) is 8.09. The van der Waals surface area contributed by atoms with Gasteiger partial charge in [0.05, 0.1) is 6.61 Å². The smallest absolute Gasteiger partial charge is 0.374 e. The van der Waals surface area contributed by atoms with Crippen LogP contribution in [0.25, 0.3) is 0 Å². The summed E-state index contributed by atoms with van der Waals surface area (Å²) in [6, 6.07) is 0. The van der Waals surface area contributed by atoms with Gasteiger partial charge in [0.2, 0.25) is 12.6 Å². The number of rotatable bonds is 11. The normalized spacial score (nSPS) is 14.1. The fraction of sp³-hybridized carbons (Fsp3) is 0.500. The molecule has 6 nitrogen and oxygen atoms in total. The van der Waals surface area contributed by atoms with Gasteiger partial charge in [-0.15, -0.1) is 0 Å². The van der Waals surface area contributed by atoms with Crippen LogP contribution in [0.15, 0.2) is 35.8 Å². The molecule has 1 heterocycles. The molecule has 0 aromatic carbocycles. The lowest BCUT2D eigenvalue weighted by Gasteiger charge is -2.01. The quantitative estimate of drug-likeness (QED) is 0.328. The topological polar surface area (TPSA) is 78.9 Å². The van der Waals surface area contributed by atoms with Gasteiger partial charge in [-0.25, -0.2) is 4.79 Å². The van der Waals surface area contributed by atoms with Gasteiger partial charge in [0, 0.05) is 19.3 Å². The van der Waals surface area contributed by atoms with Gasteiger partial charge in [-0.1, -0.05) is 12.2 Å². The Morgan fingerprint density at radius 3 is 2.46 bits per heavy atom. The molecule has 0 N–H and O–H groups in total. The van der Waals surface area contributed by atoms with Crippen LogP contribution in [-0.2, 0) is 28.6 Å². The van der Waals surface area contributed by atoms with Crippen LogP contribution in [0.4, 0.5) is 0 Å². The highest BCUT2D eigenvalue weighted by molar-refractivity contribution is 6.33. The number of allylic oxidation sites excluding steroid dienone is 4. The minimum Gasteiger partial charge on any atom is -0.460 e. The molecule has 132 valence electrons. The van der Waals surface area contributed by atoms with Crippen LogP contribution in [0.3, 0.4) is 0 Å². The number of ether oxygens (including phenoxy) is 3. The third kappa shape index (κ3) is 7.26. The van der Waals surface area contributed by atoms with E-state index in [4.69, 9.17) is 9.47 Å². The molecule has 0 radical (unpaired) electrons. The maximum atomic E-state index is 11.7. The first-order valence-electron chi connectivity index (χ1n) is 8.09. The monoisotopic (exact) mass is 336 g/mol. The highest BCUT2D eigenvalue weighted by Gasteiger charge is 2.16. The highest BCUT2D eigenvalue weighted by atomic mass is 16.7. The summed E-state index contributed by atoms with van der Waals surface area (Å²) in [5, 5.41) is 0. The third-order valence-corrected chi connectivity index (χ3v) is 3.22. The standard InChI is InChI=1S/C18H24O6/c1-3-8-16-17(24-13-23-16)10-7-5-6-9-14(19)11-12-15(20)18(21)22-4-2/h3,7-8,10H,4-6,9,11-13H2,1-2H3/b8-3-,10-7+. The number of ketones is 2. The van der Waals surface area contributed by atoms with E-state index in [0.29, 0.717) is 30.8 Å². The molecule has 0 aromatic rings. The molecule has 24 heavy (non-hydrogen) atoms. The predicted octanol–water partition coefficient (Wildman–Crippen LogP) is 2.99. The molecule has 0 saturated heterocycles. The number of carbonyl (C=O) groups excluding carboxylic acids is 3. The number of carbonyl (C=O) groups is 3. The van der Waals surface area contributed by atoms with Gasteiger partial charge < -0.3 is 14.2 Å². The van der Waals surface area contributed by atoms with E-state index in [1.165, 1.54) is 0 Å². The summed E-state index contributed by atoms with van der Waals surface area (Å²) in [6.07, 6.45) is 9.21. The Labute approximate surface area is 142 Å². The number of hydrogen-bond donors (Lipinski definition) is 0. The molecule has 0 aromatic heterocycles. The minimum atomic E-state index is -0.864. The summed E-state index contributed by atoms with van der Waals surface area (Å²) in [7, 11) is 0. The molecule has 0 atom stereocenters. The first-order chi connectivity index (χ1) is 11.6. The molecule has 0 fully saturated rings. The van der Waals surface area contributed by atoms with Crippen molar-refractivity contribution < 1.29 is 28.6 Å². The summed E-state index contributed by atoms with van der Waals surface area (Å²) < 4.78 is 15.2. The van der Waals surface area contributed by atoms with E-state index in [1.807, 2.05) is 31.2 Å². The van der Waals surface area contributed by atoms with Crippen LogP contribution in [0.2, 0.25) is 0 Å². The van der Waals surface area contributed by atoms with Crippen molar-refractivity contribution in [1.29, 1.82) is 0 Å². The zero-order valence-corrected chi connectivity index (χ0v) is 14.2. The van der Waals surface area contributed by atoms with Crippen molar-refractivity contribution in [3.63, 3.8) is 0 Å². The van der Waals surface area contributed by atoms with Gasteiger partial charge >= 0.3 is 5.97 Å². The van der Waals surface area contributed by atoms with Crippen molar-refractivity contribution in [2.24, 2.45) is 0 Å². The van der Waals surface area contributed by atoms with Crippen molar-refractivity contribution >= 4 is 17.5 Å². The van der Waals surface area contributed by atoms with E-state index < -0.39 is 11.8 Å². The lowest BCUT2D eigenvalue weighted by atomic mass is 10.1. The van der Waals surface area contributed by atoms with Crippen molar-refractivity contribution in [1.82, 2.24) is 0 Å². The van der Waals surface area contributed by atoms with Crippen molar-refractivity contribution in [2.45, 2.75) is 46.0 Å². The van der Waals surface area contributed by atoms with E-state index in [-0.39, 0.29) is 32.0 Å². The molecule has 1 aliphatic heterocycles. The average Bonchev–Trinajstić information content (AvgIpc) is 3.00. The Kier molecular flexibility index (Phi) is 9.19. The zero-order chi connectivity index (χ0) is 17.8. The van der Waals surface area contributed by atoms with Crippen LogP contribution >= 0.6 is 0 Å². The lowest BCUT2D eigenvalue weighted by molar-refractivity contribution is -0.153. The van der Waals surface area contributed by atoms with Gasteiger partial charge in [-0.2, -0.15) is 0 Å². The Balaban J connectivity index is 2.22. The second-order valence-electron chi connectivity index (χ2n) is 5.11. The van der Waals surface area contributed by atoms with Gasteiger partial charge in [-0.05, 0) is 38.8 Å². The summed E-state index contributed by atoms with van der Waals surface area (Å²) in [5.74, 6) is -0.166. The second-order valence-corrected chi connectivity index (χ2v) is 5.11. The van der Waals surface area contributed by atoms with Crippen LogP contribution < -0.4 is 0 Å². The predicted molar refractivity (Wildman–Crippen MR) is 87.7 cm³/mol. The number of Topliss-reactive ketones (excluding diaryl/α,β-unsaturated/α-hetero) is 2. The maximum Gasteiger partial charge on any atom is 0.374 e. The molecule has 0 aliphatic carbocycles. The Morgan fingerprint density at radius 2 is 1.79 bits per heavy atom. The molecular formula is C18H24O6. The van der Waals surface area contributed by atoms with E-state index >= 15 is 0 Å². The summed E-state index contributed by atoms with van der Waals surface area (Å²) >= 11 is 0. The van der Waals surface area contributed by atoms with Crippen molar-refractivity contribution in [3.05, 3.63) is 35.8 Å². The number of unbranched alkanes of at least 4 members (excludes halogenated alkanes) is 1. The number of esters is 1. The summed E-state index contributed by atoms with van der Waals surface area (Å²) in [5.41, 5.74) is 0. The molecule has 0 amide bonds. The first kappa shape index (κ1) is 19.7. The highest BCUT2D eigenvalue weighted by Crippen LogP contribution is 2.19. The Bertz CT molecular complexity index is 542. The Hall–Kier alpha value is -2.37. The van der Waals surface area contributed by atoms with E-state index in [0.717, 1.165) is 0 Å². The largest absolute Gasteiger partial charge is 0.460 e. The van der Waals surface area contributed by atoms with E-state index in [1.54, 1.807) is 6.92 Å². The van der Waals surface area contributed by atoms with Crippen LogP contribution in [0, 0.1) is 0 Å². The van der Waals surface area contributed by atoms with Gasteiger partial charge in [0.15, 0.2) is 11.5 Å². The van der Waals surface area contributed by atoms with E-state index in [2.05, 4.69) is 4.74 Å². The number of hydrogen-bond acceptors (Lipinski definition) is 6. The van der Waals surface area contributed by atoms with Gasteiger partial charge in [-0.3, -0.25) is 9.59 Å². The van der Waals surface area contributed by atoms with Crippen LogP contribution in [0.1, 0.15) is 46.0 Å². The van der Waals surface area contributed by atoms with Gasteiger partial charge in [0.1, 0.15) is 5.78 Å². The van der Waals surface area contributed by atoms with Gasteiger partial charge in [0.25, 0.3) is 0 Å². The maximum absolute atomic E-state index is 11.7. The zero-order valence-electron chi connectivity index (χ0n) is 14.2. The van der Waals surface area contributed by atoms with Crippen LogP contribution in [-0.4, -0.2) is 30.9 Å². The summed E-state index contributed by atoms with van der Waals surface area (Å²) in [4.78, 5) is 34.2. The molecule has 0 spiro atoms. The van der Waals surface area contributed by atoms with E-state index in [9.17, 15) is 14.4 Å². The molecular weight excluding hydrogens is 312 g/mol. The minimum absolute atomic E-state index is 0.0321. The molecule has 0 saturated carbocycles. The summed E-state index contributed by atoms with van der Waals surface area (Å²) in [6.45, 7) is 3.90. The van der Waals surface area contributed by atoms with Crippen molar-refractivity contribution in [3.8, 4) is 0 Å². The molecule has 0 bridgehead atoms. The average molecular weight is 336 g/mol. The third-order valence-electron chi connectivity index (χ3n) is 3.22. The molecule has 6 heteroatoms. The second kappa shape index (κ2) is 11.2. The molecule has 0 unspecified atom stereocenters. The Morgan fingerprint density at radius 1 is 1.08 bits per heavy atom. The van der Waals surface area contributed by atoms with Crippen molar-refractivity contribution in [2.75, 3.05) is 13.4 Å². The SMILES string of the molecule is C/C=C\C1=C(/C=C/CCCC(=O)CCC(=O)C(=O)OCC)OCO1. The fourth-order valence-electron chi connectivity index (χ4n) is 2.01.